The minimum Gasteiger partial charge on any atom is -0.389 e. The Balaban J connectivity index is 1.81. The number of hydrogen-bond acceptors (Lipinski definition) is 4. The number of carbonyl (C=O) groups is 1. The molecule has 0 atom stereocenters. The van der Waals surface area contributed by atoms with Crippen LogP contribution in [0, 0.1) is 5.92 Å². The molecule has 0 bridgehead atoms. The summed E-state index contributed by atoms with van der Waals surface area (Å²) in [5, 5.41) is 4.08. The number of nitrogen functional groups attached to an aromatic ring is 1. The van der Waals surface area contributed by atoms with Crippen LogP contribution in [0.25, 0.3) is 11.3 Å². The number of anilines is 2. The summed E-state index contributed by atoms with van der Waals surface area (Å²) in [5.74, 6) is 0.235. The summed E-state index contributed by atoms with van der Waals surface area (Å²) in [6.07, 6.45) is 2.98. The highest BCUT2D eigenvalue weighted by molar-refractivity contribution is 7.20. The molecule has 2 aromatic rings. The van der Waals surface area contributed by atoms with Gasteiger partial charge in [-0.05, 0) is 24.8 Å². The average molecular weight is 287 g/mol. The second-order valence-corrected chi connectivity index (χ2v) is 6.08. The van der Waals surface area contributed by atoms with Crippen LogP contribution in [-0.2, 0) is 11.2 Å². The van der Waals surface area contributed by atoms with E-state index in [2.05, 4.69) is 29.4 Å². The van der Waals surface area contributed by atoms with Gasteiger partial charge in [0.25, 0.3) is 0 Å². The molecule has 1 aromatic heterocycles. The highest BCUT2D eigenvalue weighted by Gasteiger charge is 2.30. The Bertz CT molecular complexity index is 629. The van der Waals surface area contributed by atoms with Gasteiger partial charge in [0.05, 0.1) is 0 Å². The number of thiazole rings is 1. The lowest BCUT2D eigenvalue weighted by atomic mass is 10.1. The molecule has 1 fully saturated rings. The largest absolute Gasteiger partial charge is 0.389 e. The number of nitrogens with two attached hydrogens (primary N) is 1. The van der Waals surface area contributed by atoms with Crippen molar-refractivity contribution in [3.05, 3.63) is 29.8 Å². The number of carbonyl (C=O) groups excluding carboxylic acids is 1. The monoisotopic (exact) mass is 287 g/mol. The van der Waals surface area contributed by atoms with Crippen molar-refractivity contribution in [2.45, 2.75) is 26.2 Å². The van der Waals surface area contributed by atoms with E-state index in [0.717, 1.165) is 30.5 Å². The maximum absolute atomic E-state index is 11.7. The van der Waals surface area contributed by atoms with E-state index in [1.165, 1.54) is 16.9 Å². The first kappa shape index (κ1) is 13.1. The molecule has 104 valence electrons. The first-order chi connectivity index (χ1) is 9.67. The Morgan fingerprint density at radius 2 is 2.10 bits per heavy atom. The molecule has 1 aliphatic carbocycles. The summed E-state index contributed by atoms with van der Waals surface area (Å²) in [6.45, 7) is 2.12. The zero-order valence-corrected chi connectivity index (χ0v) is 12.2. The molecule has 0 aliphatic heterocycles. The molecule has 4 nitrogen and oxygen atoms in total. The van der Waals surface area contributed by atoms with Crippen molar-refractivity contribution in [1.82, 2.24) is 4.98 Å². The van der Waals surface area contributed by atoms with Gasteiger partial charge in [-0.2, -0.15) is 0 Å². The molecule has 0 unspecified atom stereocenters. The van der Waals surface area contributed by atoms with Crippen LogP contribution in [0.4, 0.5) is 10.1 Å². The van der Waals surface area contributed by atoms with Crippen LogP contribution >= 0.6 is 11.3 Å². The normalized spacial score (nSPS) is 14.2. The fourth-order valence-corrected chi connectivity index (χ4v) is 2.80. The number of aromatic nitrogens is 1. The molecule has 1 aliphatic rings. The standard InChI is InChI=1S/C15H17N3OS/c1-2-9-3-5-10(6-4-9)12-13(16)20-15(17-12)18-14(19)11-7-8-11/h3-6,11H,2,7-8,16H2,1H3,(H,17,18,19). The third-order valence-electron chi connectivity index (χ3n) is 3.47. The molecule has 3 N–H and O–H groups in total. The van der Waals surface area contributed by atoms with Crippen LogP contribution in [-0.4, -0.2) is 10.9 Å². The molecule has 5 heteroatoms. The van der Waals surface area contributed by atoms with Crippen LogP contribution in [0.15, 0.2) is 24.3 Å². The fourth-order valence-electron chi connectivity index (χ4n) is 2.04. The first-order valence-electron chi connectivity index (χ1n) is 6.84. The fraction of sp³-hybridized carbons (Fsp3) is 0.333. The van der Waals surface area contributed by atoms with Crippen molar-refractivity contribution in [2.24, 2.45) is 5.92 Å². The molecule has 3 rings (SSSR count). The zero-order valence-electron chi connectivity index (χ0n) is 11.3. The van der Waals surface area contributed by atoms with Gasteiger partial charge in [0.15, 0.2) is 5.13 Å². The van der Waals surface area contributed by atoms with Gasteiger partial charge in [-0.25, -0.2) is 4.98 Å². The average Bonchev–Trinajstić information content (AvgIpc) is 3.24. The van der Waals surface area contributed by atoms with Crippen molar-refractivity contribution in [3.8, 4) is 11.3 Å². The third-order valence-corrected chi connectivity index (χ3v) is 4.27. The van der Waals surface area contributed by atoms with Crippen LogP contribution in [0.3, 0.4) is 0 Å². The van der Waals surface area contributed by atoms with Crippen LogP contribution in [0.2, 0.25) is 0 Å². The van der Waals surface area contributed by atoms with E-state index < -0.39 is 0 Å². The van der Waals surface area contributed by atoms with Crippen molar-refractivity contribution >= 4 is 27.4 Å². The van der Waals surface area contributed by atoms with Gasteiger partial charge in [0, 0.05) is 11.5 Å². The summed E-state index contributed by atoms with van der Waals surface area (Å²) >= 11 is 1.33. The maximum Gasteiger partial charge on any atom is 0.229 e. The predicted molar refractivity (Wildman–Crippen MR) is 82.7 cm³/mol. The van der Waals surface area contributed by atoms with Gasteiger partial charge in [-0.1, -0.05) is 42.5 Å². The number of amides is 1. The molecular weight excluding hydrogens is 270 g/mol. The highest BCUT2D eigenvalue weighted by Crippen LogP contribution is 2.35. The summed E-state index contributed by atoms with van der Waals surface area (Å²) in [4.78, 5) is 16.2. The van der Waals surface area contributed by atoms with E-state index in [-0.39, 0.29) is 11.8 Å². The number of aryl methyl sites for hydroxylation is 1. The third kappa shape index (κ3) is 2.67. The highest BCUT2D eigenvalue weighted by atomic mass is 32.1. The number of nitrogens with one attached hydrogen (secondary N) is 1. The van der Waals surface area contributed by atoms with Gasteiger partial charge in [0.2, 0.25) is 5.91 Å². The molecule has 0 spiro atoms. The molecule has 20 heavy (non-hydrogen) atoms. The SMILES string of the molecule is CCc1ccc(-c2nc(NC(=O)C3CC3)sc2N)cc1. The Hall–Kier alpha value is -1.88. The predicted octanol–water partition coefficient (Wildman–Crippen LogP) is 3.30. The van der Waals surface area contributed by atoms with Crippen LogP contribution < -0.4 is 11.1 Å². The van der Waals surface area contributed by atoms with Gasteiger partial charge >= 0.3 is 0 Å². The van der Waals surface area contributed by atoms with E-state index >= 15 is 0 Å². The lowest BCUT2D eigenvalue weighted by Gasteiger charge is -2.01. The smallest absolute Gasteiger partial charge is 0.229 e. The molecule has 1 amide bonds. The summed E-state index contributed by atoms with van der Waals surface area (Å²) in [5.41, 5.74) is 9.04. The second kappa shape index (κ2) is 5.25. The molecule has 1 aromatic carbocycles. The van der Waals surface area contributed by atoms with Crippen molar-refractivity contribution in [3.63, 3.8) is 0 Å². The summed E-state index contributed by atoms with van der Waals surface area (Å²) < 4.78 is 0. The molecule has 1 heterocycles. The quantitative estimate of drug-likeness (QED) is 0.906. The number of nitrogens with zero attached hydrogens (tertiary/aromatic N) is 1. The Morgan fingerprint density at radius 1 is 1.40 bits per heavy atom. The van der Waals surface area contributed by atoms with Crippen molar-refractivity contribution in [2.75, 3.05) is 11.1 Å². The van der Waals surface area contributed by atoms with Gasteiger partial charge in [0.1, 0.15) is 10.7 Å². The van der Waals surface area contributed by atoms with Crippen molar-refractivity contribution < 1.29 is 4.79 Å². The van der Waals surface area contributed by atoms with Gasteiger partial charge in [-0.3, -0.25) is 4.79 Å². The summed E-state index contributed by atoms with van der Waals surface area (Å²) in [7, 11) is 0. The van der Waals surface area contributed by atoms with Crippen LogP contribution in [0.1, 0.15) is 25.3 Å². The Labute approximate surface area is 122 Å². The van der Waals surface area contributed by atoms with E-state index in [0.29, 0.717) is 10.1 Å². The Kier molecular flexibility index (Phi) is 3.44. The number of rotatable bonds is 4. The zero-order chi connectivity index (χ0) is 14.1. The number of benzene rings is 1. The Morgan fingerprint density at radius 3 is 2.70 bits per heavy atom. The first-order valence-corrected chi connectivity index (χ1v) is 7.65. The maximum atomic E-state index is 11.7. The molecular formula is C15H17N3OS. The molecule has 0 radical (unpaired) electrons. The van der Waals surface area contributed by atoms with E-state index in [1.54, 1.807) is 0 Å². The molecule has 0 saturated heterocycles. The van der Waals surface area contributed by atoms with Gasteiger partial charge < -0.3 is 11.1 Å². The van der Waals surface area contributed by atoms with Crippen LogP contribution in [0.5, 0.6) is 0 Å². The van der Waals surface area contributed by atoms with E-state index in [1.807, 2.05) is 12.1 Å². The number of hydrogen-bond donors (Lipinski definition) is 2. The lowest BCUT2D eigenvalue weighted by molar-refractivity contribution is -0.117. The molecule has 1 saturated carbocycles. The van der Waals surface area contributed by atoms with E-state index in [4.69, 9.17) is 5.73 Å². The second-order valence-electron chi connectivity index (χ2n) is 5.05. The lowest BCUT2D eigenvalue weighted by Crippen LogP contribution is -2.12. The van der Waals surface area contributed by atoms with Crippen molar-refractivity contribution in [1.29, 1.82) is 0 Å². The minimum absolute atomic E-state index is 0.0617. The minimum atomic E-state index is 0.0617. The summed E-state index contributed by atoms with van der Waals surface area (Å²) in [6, 6.07) is 8.21. The van der Waals surface area contributed by atoms with E-state index in [9.17, 15) is 4.79 Å². The topological polar surface area (TPSA) is 68.0 Å². The van der Waals surface area contributed by atoms with Gasteiger partial charge in [-0.15, -0.1) is 0 Å².